The second kappa shape index (κ2) is 14.6. The molecule has 0 aliphatic carbocycles. The van der Waals surface area contributed by atoms with E-state index in [0.29, 0.717) is 30.2 Å². The number of benzene rings is 3. The van der Waals surface area contributed by atoms with Gasteiger partial charge in [0.05, 0.1) is 31.9 Å². The monoisotopic (exact) mass is 597 g/mol. The first-order valence-corrected chi connectivity index (χ1v) is 15.0. The van der Waals surface area contributed by atoms with Gasteiger partial charge in [-0.05, 0) is 62.2 Å². The third-order valence-electron chi connectivity index (χ3n) is 6.77. The number of methoxy groups -OCH3 is 3. The molecule has 0 spiro atoms. The smallest absolute Gasteiger partial charge is 0.264 e. The third-order valence-corrected chi connectivity index (χ3v) is 8.54. The molecule has 0 bridgehead atoms. The molecule has 1 unspecified atom stereocenters. The number of carbonyl (C=O) groups is 2. The number of likely N-dealkylation sites (N-methyl/N-ethyl adjacent to an activating group) is 1. The Kier molecular flexibility index (Phi) is 11.2. The summed E-state index contributed by atoms with van der Waals surface area (Å²) in [7, 11) is 0.148. The summed E-state index contributed by atoms with van der Waals surface area (Å²) < 4.78 is 45.3. The van der Waals surface area contributed by atoms with Gasteiger partial charge in [0.15, 0.2) is 11.5 Å². The molecular weight excluding hydrogens is 558 g/mol. The summed E-state index contributed by atoms with van der Waals surface area (Å²) >= 11 is 0. The first kappa shape index (κ1) is 32.3. The molecule has 0 saturated carbocycles. The summed E-state index contributed by atoms with van der Waals surface area (Å²) in [6.45, 7) is 5.41. The summed E-state index contributed by atoms with van der Waals surface area (Å²) in [6.07, 6.45) is 0.328. The zero-order valence-corrected chi connectivity index (χ0v) is 25.7. The number of rotatable bonds is 14. The fraction of sp³-hybridized carbons (Fsp3) is 0.355. The Hall–Kier alpha value is -4.25. The number of amides is 2. The van der Waals surface area contributed by atoms with E-state index in [-0.39, 0.29) is 23.1 Å². The Morgan fingerprint density at radius 3 is 2.17 bits per heavy atom. The standard InChI is InChI=1S/C31H39N3O7S/c1-7-27(31(36)32-8-2)33(20-23-10-9-11-25(18-23)39-4)30(35)21-34(24-14-12-22(3)13-15-24)42(37,38)26-16-17-28(40-5)29(19-26)41-6/h9-19,27H,7-8,20-21H2,1-6H3,(H,32,36). The van der Waals surface area contributed by atoms with Crippen LogP contribution in [-0.4, -0.2) is 65.6 Å². The molecule has 0 aliphatic heterocycles. The van der Waals surface area contributed by atoms with E-state index in [1.807, 2.05) is 19.9 Å². The van der Waals surface area contributed by atoms with Crippen molar-refractivity contribution < 1.29 is 32.2 Å². The van der Waals surface area contributed by atoms with Crippen LogP contribution < -0.4 is 23.8 Å². The number of hydrogen-bond acceptors (Lipinski definition) is 7. The third kappa shape index (κ3) is 7.52. The topological polar surface area (TPSA) is 114 Å². The normalized spacial score (nSPS) is 11.8. The van der Waals surface area contributed by atoms with Gasteiger partial charge in [-0.2, -0.15) is 0 Å². The van der Waals surface area contributed by atoms with Crippen LogP contribution in [0, 0.1) is 6.92 Å². The first-order valence-electron chi connectivity index (χ1n) is 13.6. The fourth-order valence-corrected chi connectivity index (χ4v) is 5.95. The van der Waals surface area contributed by atoms with Crippen LogP contribution in [0.15, 0.2) is 71.6 Å². The number of nitrogens with zero attached hydrogens (tertiary/aromatic N) is 2. The van der Waals surface area contributed by atoms with Gasteiger partial charge in [0.25, 0.3) is 10.0 Å². The number of aryl methyl sites for hydroxylation is 1. The zero-order valence-electron chi connectivity index (χ0n) is 24.9. The highest BCUT2D eigenvalue weighted by Gasteiger charge is 2.34. The lowest BCUT2D eigenvalue weighted by atomic mass is 10.1. The highest BCUT2D eigenvalue weighted by atomic mass is 32.2. The van der Waals surface area contributed by atoms with Gasteiger partial charge in [-0.15, -0.1) is 0 Å². The van der Waals surface area contributed by atoms with Crippen molar-refractivity contribution in [2.24, 2.45) is 0 Å². The van der Waals surface area contributed by atoms with Crippen molar-refractivity contribution in [3.05, 3.63) is 77.9 Å². The largest absolute Gasteiger partial charge is 0.497 e. The van der Waals surface area contributed by atoms with Crippen molar-refractivity contribution in [3.8, 4) is 17.2 Å². The second-order valence-corrected chi connectivity index (χ2v) is 11.4. The molecule has 0 aromatic heterocycles. The van der Waals surface area contributed by atoms with Crippen molar-refractivity contribution in [3.63, 3.8) is 0 Å². The molecule has 3 aromatic rings. The number of hydrogen-bond donors (Lipinski definition) is 1. The van der Waals surface area contributed by atoms with E-state index in [0.717, 1.165) is 15.4 Å². The zero-order chi connectivity index (χ0) is 30.9. The molecule has 3 aromatic carbocycles. The minimum atomic E-state index is -4.27. The maximum atomic E-state index is 14.1. The fourth-order valence-electron chi connectivity index (χ4n) is 4.52. The Balaban J connectivity index is 2.10. The second-order valence-electron chi connectivity index (χ2n) is 9.56. The van der Waals surface area contributed by atoms with Crippen LogP contribution in [0.5, 0.6) is 17.2 Å². The number of sulfonamides is 1. The SMILES string of the molecule is CCNC(=O)C(CC)N(Cc1cccc(OC)c1)C(=O)CN(c1ccc(C)cc1)S(=O)(=O)c1ccc(OC)c(OC)c1. The van der Waals surface area contributed by atoms with Gasteiger partial charge < -0.3 is 24.4 Å². The predicted octanol–water partition coefficient (Wildman–Crippen LogP) is 4.16. The minimum Gasteiger partial charge on any atom is -0.497 e. The van der Waals surface area contributed by atoms with Crippen LogP contribution in [0.2, 0.25) is 0 Å². The van der Waals surface area contributed by atoms with E-state index >= 15 is 0 Å². The summed E-state index contributed by atoms with van der Waals surface area (Å²) in [5, 5.41) is 2.80. The van der Waals surface area contributed by atoms with E-state index in [9.17, 15) is 18.0 Å². The predicted molar refractivity (Wildman–Crippen MR) is 162 cm³/mol. The van der Waals surface area contributed by atoms with Crippen LogP contribution in [-0.2, 0) is 26.2 Å². The molecule has 11 heteroatoms. The van der Waals surface area contributed by atoms with Crippen LogP contribution in [0.1, 0.15) is 31.4 Å². The number of carbonyl (C=O) groups excluding carboxylic acids is 2. The number of nitrogens with one attached hydrogen (secondary N) is 1. The van der Waals surface area contributed by atoms with E-state index in [2.05, 4.69) is 5.32 Å². The van der Waals surface area contributed by atoms with E-state index in [1.165, 1.54) is 37.3 Å². The van der Waals surface area contributed by atoms with Crippen molar-refractivity contribution >= 4 is 27.5 Å². The van der Waals surface area contributed by atoms with Crippen LogP contribution in [0.3, 0.4) is 0 Å². The van der Waals surface area contributed by atoms with Crippen LogP contribution in [0.25, 0.3) is 0 Å². The lowest BCUT2D eigenvalue weighted by molar-refractivity contribution is -0.140. The van der Waals surface area contributed by atoms with Crippen LogP contribution >= 0.6 is 0 Å². The van der Waals surface area contributed by atoms with Crippen molar-refractivity contribution in [1.82, 2.24) is 10.2 Å². The van der Waals surface area contributed by atoms with E-state index in [1.54, 1.807) is 56.5 Å². The molecule has 1 N–H and O–H groups in total. The van der Waals surface area contributed by atoms with E-state index in [4.69, 9.17) is 14.2 Å². The highest BCUT2D eigenvalue weighted by molar-refractivity contribution is 7.92. The van der Waals surface area contributed by atoms with Crippen molar-refractivity contribution in [1.29, 1.82) is 0 Å². The Morgan fingerprint density at radius 1 is 0.881 bits per heavy atom. The first-order chi connectivity index (χ1) is 20.1. The average Bonchev–Trinajstić information content (AvgIpc) is 2.99. The van der Waals surface area contributed by atoms with Crippen LogP contribution in [0.4, 0.5) is 5.69 Å². The molecule has 3 rings (SSSR count). The molecule has 0 heterocycles. The maximum Gasteiger partial charge on any atom is 0.264 e. The molecule has 0 saturated heterocycles. The lowest BCUT2D eigenvalue weighted by Gasteiger charge is -2.33. The van der Waals surface area contributed by atoms with E-state index < -0.39 is 28.5 Å². The van der Waals surface area contributed by atoms with Crippen molar-refractivity contribution in [2.75, 3.05) is 38.7 Å². The molecule has 10 nitrogen and oxygen atoms in total. The van der Waals surface area contributed by atoms with Gasteiger partial charge >= 0.3 is 0 Å². The van der Waals surface area contributed by atoms with Crippen molar-refractivity contribution in [2.45, 2.75) is 44.7 Å². The molecule has 42 heavy (non-hydrogen) atoms. The van der Waals surface area contributed by atoms with Gasteiger partial charge in [-0.25, -0.2) is 8.42 Å². The van der Waals surface area contributed by atoms with Gasteiger partial charge in [-0.1, -0.05) is 36.8 Å². The maximum absolute atomic E-state index is 14.1. The highest BCUT2D eigenvalue weighted by Crippen LogP contribution is 2.32. The minimum absolute atomic E-state index is 0.0732. The Labute approximate surface area is 248 Å². The number of anilines is 1. The molecule has 226 valence electrons. The summed E-state index contributed by atoms with van der Waals surface area (Å²) in [6, 6.07) is 17.5. The summed E-state index contributed by atoms with van der Waals surface area (Å²) in [5.41, 5.74) is 1.96. The molecular formula is C31H39N3O7S. The van der Waals surface area contributed by atoms with Gasteiger partial charge in [0.2, 0.25) is 11.8 Å². The molecule has 0 radical (unpaired) electrons. The molecule has 1 atom stereocenters. The Bertz CT molecular complexity index is 1480. The molecule has 0 aliphatic rings. The summed E-state index contributed by atoms with van der Waals surface area (Å²) in [4.78, 5) is 28.6. The van der Waals surface area contributed by atoms with Gasteiger partial charge in [-0.3, -0.25) is 13.9 Å². The average molecular weight is 598 g/mol. The Morgan fingerprint density at radius 2 is 1.57 bits per heavy atom. The summed E-state index contributed by atoms with van der Waals surface area (Å²) in [5.74, 6) is 0.340. The molecule has 0 fully saturated rings. The van der Waals surface area contributed by atoms with Gasteiger partial charge in [0.1, 0.15) is 18.3 Å². The number of ether oxygens (including phenoxy) is 3. The lowest BCUT2D eigenvalue weighted by Crippen LogP contribution is -2.52. The van der Waals surface area contributed by atoms with Gasteiger partial charge in [0, 0.05) is 19.2 Å². The molecule has 2 amide bonds. The quantitative estimate of drug-likeness (QED) is 0.297.